The van der Waals surface area contributed by atoms with Crippen LogP contribution in [0.4, 0.5) is 13.2 Å². The van der Waals surface area contributed by atoms with E-state index >= 15 is 0 Å². The highest BCUT2D eigenvalue weighted by Gasteiger charge is 2.48. The van der Waals surface area contributed by atoms with Crippen molar-refractivity contribution in [2.24, 2.45) is 0 Å². The normalized spacial score (nSPS) is 20.0. The molecule has 0 saturated carbocycles. The largest absolute Gasteiger partial charge is 0.481 e. The highest BCUT2D eigenvalue weighted by Crippen LogP contribution is 2.37. The van der Waals surface area contributed by atoms with Crippen LogP contribution < -0.4 is 4.74 Å². The van der Waals surface area contributed by atoms with E-state index in [4.69, 9.17) is 9.84 Å². The summed E-state index contributed by atoms with van der Waals surface area (Å²) in [4.78, 5) is 11.0. The van der Waals surface area contributed by atoms with Crippen molar-refractivity contribution >= 4 is 23.6 Å². The SMILES string of the molecule is O=C(O)C1=Cc2ccccc2OC1C(F)C(F)(F)Cl. The first-order chi connectivity index (χ1) is 8.80. The van der Waals surface area contributed by atoms with E-state index in [0.717, 1.165) is 6.08 Å². The molecular formula is C12H8ClF3O3. The minimum absolute atomic E-state index is 0.126. The third-order valence-corrected chi connectivity index (χ3v) is 2.82. The van der Waals surface area contributed by atoms with Gasteiger partial charge in [-0.05, 0) is 23.7 Å². The van der Waals surface area contributed by atoms with Crippen molar-refractivity contribution in [2.45, 2.75) is 17.7 Å². The Morgan fingerprint density at radius 2 is 2.05 bits per heavy atom. The van der Waals surface area contributed by atoms with Gasteiger partial charge in [0.15, 0.2) is 6.10 Å². The number of carboxylic acid groups (broad SMARTS) is 1. The van der Waals surface area contributed by atoms with Crippen LogP contribution in [0.5, 0.6) is 5.75 Å². The number of carbonyl (C=O) groups is 1. The lowest BCUT2D eigenvalue weighted by molar-refractivity contribution is -0.134. The second-order valence-electron chi connectivity index (χ2n) is 3.92. The maximum Gasteiger partial charge on any atom is 0.356 e. The Kier molecular flexibility index (Phi) is 3.45. The molecule has 0 aromatic heterocycles. The minimum Gasteiger partial charge on any atom is -0.481 e. The number of ether oxygens (including phenoxy) is 1. The zero-order chi connectivity index (χ0) is 14.2. The van der Waals surface area contributed by atoms with Crippen LogP contribution in [-0.4, -0.2) is 28.7 Å². The standard InChI is InChI=1S/C12H8ClF3O3/c13-12(15,16)10(14)9-7(11(17)18)5-6-3-1-2-4-8(6)19-9/h1-5,9-10H,(H,17,18). The van der Waals surface area contributed by atoms with E-state index in [2.05, 4.69) is 11.6 Å². The zero-order valence-electron chi connectivity index (χ0n) is 9.32. The van der Waals surface area contributed by atoms with Gasteiger partial charge in [-0.2, -0.15) is 8.78 Å². The van der Waals surface area contributed by atoms with Crippen molar-refractivity contribution in [2.75, 3.05) is 0 Å². The highest BCUT2D eigenvalue weighted by molar-refractivity contribution is 6.22. The number of carboxylic acids is 1. The third-order valence-electron chi connectivity index (χ3n) is 2.62. The summed E-state index contributed by atoms with van der Waals surface area (Å²) in [6.07, 6.45) is -3.83. The molecule has 0 fully saturated rings. The van der Waals surface area contributed by atoms with Crippen molar-refractivity contribution in [3.8, 4) is 5.75 Å². The van der Waals surface area contributed by atoms with Crippen LogP contribution in [-0.2, 0) is 4.79 Å². The average Bonchev–Trinajstić information content (AvgIpc) is 2.35. The molecule has 1 heterocycles. The number of alkyl halides is 4. The molecule has 1 N–H and O–H groups in total. The number of rotatable bonds is 3. The lowest BCUT2D eigenvalue weighted by Crippen LogP contribution is -2.43. The Bertz CT molecular complexity index is 539. The zero-order valence-corrected chi connectivity index (χ0v) is 10.1. The molecule has 7 heteroatoms. The lowest BCUT2D eigenvalue weighted by Gasteiger charge is -2.29. The fraction of sp³-hybridized carbons (Fsp3) is 0.250. The molecule has 0 amide bonds. The monoisotopic (exact) mass is 292 g/mol. The molecule has 102 valence electrons. The van der Waals surface area contributed by atoms with E-state index in [0.29, 0.717) is 5.56 Å². The minimum atomic E-state index is -4.22. The van der Waals surface area contributed by atoms with Gasteiger partial charge in [0.1, 0.15) is 5.75 Å². The number of fused-ring (bicyclic) bond motifs is 1. The number of aliphatic carboxylic acids is 1. The topological polar surface area (TPSA) is 46.5 Å². The molecule has 0 saturated heterocycles. The highest BCUT2D eigenvalue weighted by atomic mass is 35.5. The van der Waals surface area contributed by atoms with E-state index in [-0.39, 0.29) is 5.75 Å². The summed E-state index contributed by atoms with van der Waals surface area (Å²) in [5, 5.41) is 4.73. The van der Waals surface area contributed by atoms with E-state index in [1.165, 1.54) is 12.1 Å². The predicted molar refractivity (Wildman–Crippen MR) is 62.2 cm³/mol. The summed E-state index contributed by atoms with van der Waals surface area (Å²) in [5.74, 6) is -1.41. The van der Waals surface area contributed by atoms with Gasteiger partial charge in [-0.25, -0.2) is 9.18 Å². The molecule has 3 nitrogen and oxygen atoms in total. The number of hydrogen-bond acceptors (Lipinski definition) is 2. The number of para-hydroxylation sites is 1. The molecule has 0 bridgehead atoms. The van der Waals surface area contributed by atoms with Crippen molar-refractivity contribution in [3.05, 3.63) is 35.4 Å². The summed E-state index contributed by atoms with van der Waals surface area (Å²) < 4.78 is 44.2. The van der Waals surface area contributed by atoms with Crippen LogP contribution in [0.3, 0.4) is 0 Å². The van der Waals surface area contributed by atoms with Gasteiger partial charge < -0.3 is 9.84 Å². The van der Waals surface area contributed by atoms with Crippen molar-refractivity contribution < 1.29 is 27.8 Å². The van der Waals surface area contributed by atoms with Gasteiger partial charge >= 0.3 is 11.4 Å². The smallest absolute Gasteiger partial charge is 0.356 e. The number of benzene rings is 1. The molecule has 19 heavy (non-hydrogen) atoms. The molecule has 2 rings (SSSR count). The first-order valence-corrected chi connectivity index (χ1v) is 5.60. The Balaban J connectivity index is 2.44. The number of hydrogen-bond donors (Lipinski definition) is 1. The van der Waals surface area contributed by atoms with Gasteiger partial charge in [-0.3, -0.25) is 0 Å². The van der Waals surface area contributed by atoms with Gasteiger partial charge in [0.25, 0.3) is 0 Å². The van der Waals surface area contributed by atoms with E-state index < -0.39 is 29.2 Å². The van der Waals surface area contributed by atoms with Crippen LogP contribution >= 0.6 is 11.6 Å². The molecular weight excluding hydrogens is 285 g/mol. The lowest BCUT2D eigenvalue weighted by atomic mass is 9.98. The number of halogens is 4. The molecule has 1 aliphatic rings. The van der Waals surface area contributed by atoms with E-state index in [1.807, 2.05) is 0 Å². The van der Waals surface area contributed by atoms with Gasteiger partial charge in [-0.1, -0.05) is 18.2 Å². The summed E-state index contributed by atoms with van der Waals surface area (Å²) in [6, 6.07) is 6.13. The third kappa shape index (κ3) is 2.68. The molecule has 2 atom stereocenters. The summed E-state index contributed by atoms with van der Waals surface area (Å²) in [7, 11) is 0. The van der Waals surface area contributed by atoms with E-state index in [1.54, 1.807) is 12.1 Å². The second kappa shape index (κ2) is 4.77. The summed E-state index contributed by atoms with van der Waals surface area (Å²) in [6.45, 7) is 0. The summed E-state index contributed by atoms with van der Waals surface area (Å²) in [5.41, 5.74) is -0.229. The Hall–Kier alpha value is -1.69. The Labute approximate surface area is 111 Å². The van der Waals surface area contributed by atoms with Crippen LogP contribution in [0, 0.1) is 0 Å². The van der Waals surface area contributed by atoms with Crippen molar-refractivity contribution in [3.63, 3.8) is 0 Å². The molecule has 2 unspecified atom stereocenters. The fourth-order valence-electron chi connectivity index (χ4n) is 1.73. The van der Waals surface area contributed by atoms with Crippen molar-refractivity contribution in [1.82, 2.24) is 0 Å². The Morgan fingerprint density at radius 3 is 2.63 bits per heavy atom. The van der Waals surface area contributed by atoms with Gasteiger partial charge in [0.05, 0.1) is 5.57 Å². The molecule has 1 aromatic carbocycles. The first kappa shape index (κ1) is 13.7. The maximum absolute atomic E-state index is 13.6. The molecule has 0 aliphatic carbocycles. The van der Waals surface area contributed by atoms with Crippen LogP contribution in [0.25, 0.3) is 6.08 Å². The molecule has 0 radical (unpaired) electrons. The van der Waals surface area contributed by atoms with Gasteiger partial charge in [0, 0.05) is 5.56 Å². The van der Waals surface area contributed by atoms with Crippen LogP contribution in [0.1, 0.15) is 5.56 Å². The quantitative estimate of drug-likeness (QED) is 0.871. The fourth-order valence-corrected chi connectivity index (χ4v) is 1.84. The van der Waals surface area contributed by atoms with Crippen LogP contribution in [0.2, 0.25) is 0 Å². The molecule has 1 aromatic rings. The predicted octanol–water partition coefficient (Wildman–Crippen LogP) is 3.09. The Morgan fingerprint density at radius 1 is 1.42 bits per heavy atom. The maximum atomic E-state index is 13.6. The van der Waals surface area contributed by atoms with Crippen molar-refractivity contribution in [1.29, 1.82) is 0 Å². The van der Waals surface area contributed by atoms with Gasteiger partial charge in [-0.15, -0.1) is 0 Å². The first-order valence-electron chi connectivity index (χ1n) is 5.22. The van der Waals surface area contributed by atoms with E-state index in [9.17, 15) is 18.0 Å². The van der Waals surface area contributed by atoms with Gasteiger partial charge in [0.2, 0.25) is 6.17 Å². The van der Waals surface area contributed by atoms with Crippen LogP contribution in [0.15, 0.2) is 29.8 Å². The molecule has 1 aliphatic heterocycles. The average molecular weight is 293 g/mol. The molecule has 0 spiro atoms. The second-order valence-corrected chi connectivity index (χ2v) is 4.43. The summed E-state index contributed by atoms with van der Waals surface area (Å²) >= 11 is 4.61.